The Morgan fingerprint density at radius 3 is 2.52 bits per heavy atom. The summed E-state index contributed by atoms with van der Waals surface area (Å²) >= 11 is 1.38. The molecule has 3 aromatic rings. The average molecular weight is 402 g/mol. The second-order valence-corrected chi connectivity index (χ2v) is 9.03. The van der Waals surface area contributed by atoms with Crippen LogP contribution in [0.4, 0.5) is 16.5 Å². The first-order chi connectivity index (χ1) is 12.8. The van der Waals surface area contributed by atoms with Gasteiger partial charge in [-0.05, 0) is 48.9 Å². The summed E-state index contributed by atoms with van der Waals surface area (Å²) in [5.74, 6) is -0.130. The molecule has 0 unspecified atom stereocenters. The van der Waals surface area contributed by atoms with Gasteiger partial charge in [0.2, 0.25) is 5.91 Å². The predicted octanol–water partition coefficient (Wildman–Crippen LogP) is 3.78. The van der Waals surface area contributed by atoms with Crippen LogP contribution in [-0.2, 0) is 21.1 Å². The van der Waals surface area contributed by atoms with Crippen LogP contribution in [0.2, 0.25) is 0 Å². The summed E-state index contributed by atoms with van der Waals surface area (Å²) in [7, 11) is -3.22. The lowest BCUT2D eigenvalue weighted by atomic mass is 10.2. The van der Waals surface area contributed by atoms with Gasteiger partial charge in [-0.1, -0.05) is 12.1 Å². The van der Waals surface area contributed by atoms with Crippen molar-refractivity contribution >= 4 is 43.6 Å². The van der Waals surface area contributed by atoms with Gasteiger partial charge in [0.1, 0.15) is 0 Å². The smallest absolute Gasteiger partial charge is 0.230 e. The maximum absolute atomic E-state index is 12.2. The molecule has 27 heavy (non-hydrogen) atoms. The fourth-order valence-electron chi connectivity index (χ4n) is 2.45. The average Bonchev–Trinajstić information content (AvgIpc) is 3.01. The molecule has 0 atom stereocenters. The maximum Gasteiger partial charge on any atom is 0.230 e. The highest BCUT2D eigenvalue weighted by molar-refractivity contribution is 7.90. The van der Waals surface area contributed by atoms with Gasteiger partial charge in [-0.3, -0.25) is 4.79 Å². The molecule has 0 bridgehead atoms. The van der Waals surface area contributed by atoms with E-state index in [9.17, 15) is 13.2 Å². The Hall–Kier alpha value is -2.71. The Labute approximate surface area is 162 Å². The summed E-state index contributed by atoms with van der Waals surface area (Å²) in [6.07, 6.45) is 1.35. The molecule has 0 aliphatic carbocycles. The molecule has 2 N–H and O–H groups in total. The van der Waals surface area contributed by atoms with Crippen molar-refractivity contribution < 1.29 is 13.2 Å². The molecule has 0 saturated carbocycles. The van der Waals surface area contributed by atoms with Crippen molar-refractivity contribution in [3.8, 4) is 0 Å². The highest BCUT2D eigenvalue weighted by atomic mass is 32.2. The first-order valence-corrected chi connectivity index (χ1v) is 10.9. The second kappa shape index (κ2) is 7.89. The number of benzene rings is 2. The van der Waals surface area contributed by atoms with Crippen LogP contribution in [0.5, 0.6) is 0 Å². The SMILES string of the molecule is Cc1cccc(NC(=O)Cc2csc(Nc3ccc(S(C)(=O)=O)cc3)n2)c1. The molecule has 6 nitrogen and oxygen atoms in total. The summed E-state index contributed by atoms with van der Waals surface area (Å²) < 4.78 is 23.0. The summed E-state index contributed by atoms with van der Waals surface area (Å²) in [6, 6.07) is 14.1. The van der Waals surface area contributed by atoms with Crippen LogP contribution >= 0.6 is 11.3 Å². The molecule has 0 fully saturated rings. The van der Waals surface area contributed by atoms with Crippen LogP contribution < -0.4 is 10.6 Å². The number of amides is 1. The van der Waals surface area contributed by atoms with Crippen molar-refractivity contribution in [2.24, 2.45) is 0 Å². The minimum Gasteiger partial charge on any atom is -0.332 e. The molecular formula is C19H19N3O3S2. The molecule has 0 saturated heterocycles. The fourth-order valence-corrected chi connectivity index (χ4v) is 3.81. The quantitative estimate of drug-likeness (QED) is 0.656. The van der Waals surface area contributed by atoms with Gasteiger partial charge in [0.15, 0.2) is 15.0 Å². The van der Waals surface area contributed by atoms with E-state index in [0.717, 1.165) is 16.9 Å². The first-order valence-electron chi connectivity index (χ1n) is 8.18. The number of hydrogen-bond acceptors (Lipinski definition) is 6. The van der Waals surface area contributed by atoms with Crippen LogP contribution in [0.3, 0.4) is 0 Å². The van der Waals surface area contributed by atoms with Gasteiger partial charge in [0, 0.05) is 23.0 Å². The zero-order valence-electron chi connectivity index (χ0n) is 14.9. The van der Waals surface area contributed by atoms with Gasteiger partial charge in [-0.25, -0.2) is 13.4 Å². The number of thiazole rings is 1. The number of nitrogens with zero attached hydrogens (tertiary/aromatic N) is 1. The highest BCUT2D eigenvalue weighted by Gasteiger charge is 2.10. The van der Waals surface area contributed by atoms with Gasteiger partial charge >= 0.3 is 0 Å². The third-order valence-corrected chi connectivity index (χ3v) is 5.66. The molecular weight excluding hydrogens is 382 g/mol. The zero-order chi connectivity index (χ0) is 19.4. The van der Waals surface area contributed by atoms with E-state index >= 15 is 0 Å². The van der Waals surface area contributed by atoms with Crippen molar-refractivity contribution in [1.82, 2.24) is 4.98 Å². The Morgan fingerprint density at radius 1 is 1.11 bits per heavy atom. The van der Waals surface area contributed by atoms with Gasteiger partial charge in [0.05, 0.1) is 17.0 Å². The van der Waals surface area contributed by atoms with Crippen molar-refractivity contribution in [1.29, 1.82) is 0 Å². The van der Waals surface area contributed by atoms with E-state index in [2.05, 4.69) is 15.6 Å². The number of carbonyl (C=O) groups is 1. The van der Waals surface area contributed by atoms with E-state index in [1.807, 2.05) is 36.6 Å². The second-order valence-electron chi connectivity index (χ2n) is 6.16. The van der Waals surface area contributed by atoms with E-state index in [0.29, 0.717) is 10.8 Å². The van der Waals surface area contributed by atoms with Crippen LogP contribution in [-0.4, -0.2) is 25.6 Å². The van der Waals surface area contributed by atoms with E-state index in [4.69, 9.17) is 0 Å². The molecule has 2 aromatic carbocycles. The number of aromatic nitrogens is 1. The molecule has 0 spiro atoms. The number of anilines is 3. The summed E-state index contributed by atoms with van der Waals surface area (Å²) in [5.41, 5.74) is 3.24. The Balaban J connectivity index is 1.60. The molecule has 1 heterocycles. The van der Waals surface area contributed by atoms with Crippen LogP contribution in [0.15, 0.2) is 58.8 Å². The number of aryl methyl sites for hydroxylation is 1. The van der Waals surface area contributed by atoms with Crippen LogP contribution in [0.1, 0.15) is 11.3 Å². The lowest BCUT2D eigenvalue weighted by molar-refractivity contribution is -0.115. The van der Waals surface area contributed by atoms with Crippen molar-refractivity contribution in [3.05, 3.63) is 65.2 Å². The molecule has 0 radical (unpaired) electrons. The number of sulfone groups is 1. The van der Waals surface area contributed by atoms with Gasteiger partial charge < -0.3 is 10.6 Å². The van der Waals surface area contributed by atoms with Crippen molar-refractivity contribution in [2.75, 3.05) is 16.9 Å². The summed E-state index contributed by atoms with van der Waals surface area (Å²) in [4.78, 5) is 16.8. The van der Waals surface area contributed by atoms with Gasteiger partial charge in [-0.2, -0.15) is 0 Å². The third-order valence-electron chi connectivity index (χ3n) is 3.73. The largest absolute Gasteiger partial charge is 0.332 e. The monoisotopic (exact) mass is 401 g/mol. The minimum absolute atomic E-state index is 0.130. The van der Waals surface area contributed by atoms with E-state index in [1.165, 1.54) is 17.6 Å². The Morgan fingerprint density at radius 2 is 1.85 bits per heavy atom. The van der Waals surface area contributed by atoms with Crippen LogP contribution in [0, 0.1) is 6.92 Å². The normalized spacial score (nSPS) is 11.2. The zero-order valence-corrected chi connectivity index (χ0v) is 16.5. The molecule has 0 aliphatic heterocycles. The lowest BCUT2D eigenvalue weighted by Gasteiger charge is -2.05. The molecule has 1 aromatic heterocycles. The van der Waals surface area contributed by atoms with Crippen LogP contribution in [0.25, 0.3) is 0 Å². The number of rotatable bonds is 6. The molecule has 1 amide bonds. The fraction of sp³-hybridized carbons (Fsp3) is 0.158. The van der Waals surface area contributed by atoms with E-state index in [-0.39, 0.29) is 17.2 Å². The Kier molecular flexibility index (Phi) is 5.57. The number of hydrogen-bond donors (Lipinski definition) is 2. The molecule has 8 heteroatoms. The number of carbonyl (C=O) groups excluding carboxylic acids is 1. The standard InChI is InChI=1S/C19H19N3O3S2/c1-13-4-3-5-15(10-13)20-18(23)11-16-12-26-19(22-16)21-14-6-8-17(9-7-14)27(2,24)25/h3-10,12H,11H2,1-2H3,(H,20,23)(H,21,22). The topological polar surface area (TPSA) is 88.2 Å². The van der Waals surface area contributed by atoms with E-state index < -0.39 is 9.84 Å². The predicted molar refractivity (Wildman–Crippen MR) is 108 cm³/mol. The lowest BCUT2D eigenvalue weighted by Crippen LogP contribution is -2.14. The van der Waals surface area contributed by atoms with E-state index in [1.54, 1.807) is 24.3 Å². The van der Waals surface area contributed by atoms with Gasteiger partial charge in [-0.15, -0.1) is 11.3 Å². The maximum atomic E-state index is 12.2. The summed E-state index contributed by atoms with van der Waals surface area (Å²) in [6.45, 7) is 1.97. The molecule has 140 valence electrons. The molecule has 3 rings (SSSR count). The molecule has 0 aliphatic rings. The van der Waals surface area contributed by atoms with Crippen molar-refractivity contribution in [3.63, 3.8) is 0 Å². The number of nitrogens with one attached hydrogen (secondary N) is 2. The van der Waals surface area contributed by atoms with Gasteiger partial charge in [0.25, 0.3) is 0 Å². The highest BCUT2D eigenvalue weighted by Crippen LogP contribution is 2.22. The third kappa shape index (κ3) is 5.38. The minimum atomic E-state index is -3.22. The summed E-state index contributed by atoms with van der Waals surface area (Å²) in [5, 5.41) is 8.43. The first kappa shape index (κ1) is 19.1. The Bertz CT molecular complexity index is 1060. The van der Waals surface area contributed by atoms with Crippen molar-refractivity contribution in [2.45, 2.75) is 18.2 Å².